The van der Waals surface area contributed by atoms with E-state index >= 15 is 0 Å². The zero-order valence-electron chi connectivity index (χ0n) is 13.8. The van der Waals surface area contributed by atoms with Crippen LogP contribution in [0.25, 0.3) is 5.69 Å². The molecule has 1 aliphatic rings. The van der Waals surface area contributed by atoms with Crippen LogP contribution in [0.2, 0.25) is 0 Å². The molecule has 0 spiro atoms. The van der Waals surface area contributed by atoms with Crippen LogP contribution in [-0.4, -0.2) is 40.0 Å². The maximum atomic E-state index is 12.4. The van der Waals surface area contributed by atoms with Crippen LogP contribution < -0.4 is 15.5 Å². The van der Waals surface area contributed by atoms with E-state index in [1.165, 1.54) is 11.0 Å². The quantitative estimate of drug-likeness (QED) is 0.755. The van der Waals surface area contributed by atoms with Crippen molar-refractivity contribution in [3.05, 3.63) is 66.5 Å². The maximum absolute atomic E-state index is 12.4. The van der Waals surface area contributed by atoms with Crippen molar-refractivity contribution in [1.29, 1.82) is 0 Å². The van der Waals surface area contributed by atoms with Gasteiger partial charge in [-0.2, -0.15) is 9.90 Å². The summed E-state index contributed by atoms with van der Waals surface area (Å²) in [5, 5.41) is 13.8. The topological polar surface area (TPSA) is 92.2 Å². The van der Waals surface area contributed by atoms with Crippen molar-refractivity contribution < 1.29 is 9.59 Å². The zero-order valence-corrected chi connectivity index (χ0v) is 13.8. The van der Waals surface area contributed by atoms with Gasteiger partial charge in [0.25, 0.3) is 5.91 Å². The predicted octanol–water partition coefficient (Wildman–Crippen LogP) is 2.05. The minimum absolute atomic E-state index is 0.112. The average Bonchev–Trinajstić information content (AvgIpc) is 3.32. The smallest absolute Gasteiger partial charge is 0.321 e. The van der Waals surface area contributed by atoms with E-state index in [0.717, 1.165) is 11.4 Å². The lowest BCUT2D eigenvalue weighted by Crippen LogP contribution is -2.27. The Balaban J connectivity index is 1.45. The molecule has 0 atom stereocenters. The molecule has 8 nitrogen and oxygen atoms in total. The summed E-state index contributed by atoms with van der Waals surface area (Å²) >= 11 is 0. The molecule has 0 saturated carbocycles. The van der Waals surface area contributed by atoms with Crippen LogP contribution in [0.3, 0.4) is 0 Å². The second-order valence-electron chi connectivity index (χ2n) is 5.74. The van der Waals surface area contributed by atoms with Crippen molar-refractivity contribution in [3.63, 3.8) is 0 Å². The number of hydrogen-bond donors (Lipinski definition) is 2. The Kier molecular flexibility index (Phi) is 4.06. The molecule has 1 aliphatic heterocycles. The number of nitrogens with one attached hydrogen (secondary N) is 2. The Morgan fingerprint density at radius 1 is 1.04 bits per heavy atom. The maximum Gasteiger partial charge on any atom is 0.321 e. The number of aromatic nitrogens is 3. The van der Waals surface area contributed by atoms with E-state index in [2.05, 4.69) is 20.8 Å². The van der Waals surface area contributed by atoms with Crippen molar-refractivity contribution in [2.75, 3.05) is 23.3 Å². The number of para-hydroxylation sites is 1. The fraction of sp³-hybridized carbons (Fsp3) is 0.111. The molecule has 2 heterocycles. The molecule has 3 amide bonds. The molecule has 0 aliphatic carbocycles. The molecular weight excluding hydrogens is 332 g/mol. The SMILES string of the molecule is O=C(Nc1ccc(N2CCNC2=O)cc1)c1cnn(-c2ccccc2)n1. The first-order valence-electron chi connectivity index (χ1n) is 8.15. The fourth-order valence-electron chi connectivity index (χ4n) is 2.69. The number of benzene rings is 2. The number of carbonyl (C=O) groups excluding carboxylic acids is 2. The molecular formula is C18H16N6O2. The number of urea groups is 1. The molecule has 0 radical (unpaired) electrons. The van der Waals surface area contributed by atoms with Gasteiger partial charge in [-0.05, 0) is 36.4 Å². The summed E-state index contributed by atoms with van der Waals surface area (Å²) in [5.41, 5.74) is 2.40. The van der Waals surface area contributed by atoms with Gasteiger partial charge in [0.15, 0.2) is 5.69 Å². The Morgan fingerprint density at radius 2 is 1.81 bits per heavy atom. The van der Waals surface area contributed by atoms with E-state index in [1.54, 1.807) is 29.2 Å². The van der Waals surface area contributed by atoms with E-state index in [1.807, 2.05) is 30.3 Å². The monoisotopic (exact) mass is 348 g/mol. The molecule has 2 aromatic carbocycles. The third kappa shape index (κ3) is 3.12. The molecule has 1 fully saturated rings. The van der Waals surface area contributed by atoms with Crippen molar-refractivity contribution in [1.82, 2.24) is 20.3 Å². The highest BCUT2D eigenvalue weighted by Crippen LogP contribution is 2.19. The lowest BCUT2D eigenvalue weighted by Gasteiger charge is -2.14. The largest absolute Gasteiger partial charge is 0.336 e. The third-order valence-corrected chi connectivity index (χ3v) is 4.01. The first kappa shape index (κ1) is 15.8. The van der Waals surface area contributed by atoms with Crippen LogP contribution in [0.1, 0.15) is 10.5 Å². The molecule has 3 aromatic rings. The van der Waals surface area contributed by atoms with Crippen molar-refractivity contribution in [2.24, 2.45) is 0 Å². The highest BCUT2D eigenvalue weighted by Gasteiger charge is 2.21. The summed E-state index contributed by atoms with van der Waals surface area (Å²) in [5.74, 6) is -0.348. The van der Waals surface area contributed by atoms with E-state index in [4.69, 9.17) is 0 Å². The first-order valence-corrected chi connectivity index (χ1v) is 8.15. The number of carbonyl (C=O) groups is 2. The first-order chi connectivity index (χ1) is 12.7. The molecule has 8 heteroatoms. The highest BCUT2D eigenvalue weighted by atomic mass is 16.2. The summed E-state index contributed by atoms with van der Waals surface area (Å²) in [6.45, 7) is 1.27. The van der Waals surface area contributed by atoms with Gasteiger partial charge in [0.2, 0.25) is 0 Å². The molecule has 130 valence electrons. The molecule has 1 aromatic heterocycles. The summed E-state index contributed by atoms with van der Waals surface area (Å²) in [6.07, 6.45) is 1.42. The Labute approximate surface area is 149 Å². The standard InChI is InChI=1S/C18H16N6O2/c25-17(16-12-20-24(22-16)15-4-2-1-3-5-15)21-13-6-8-14(9-7-13)23-11-10-19-18(23)26/h1-9,12H,10-11H2,(H,19,26)(H,21,25). The summed E-state index contributed by atoms with van der Waals surface area (Å²) in [6, 6.07) is 16.3. The van der Waals surface area contributed by atoms with Gasteiger partial charge in [-0.1, -0.05) is 18.2 Å². The van der Waals surface area contributed by atoms with Gasteiger partial charge in [0, 0.05) is 24.5 Å². The normalized spacial score (nSPS) is 13.5. The Morgan fingerprint density at radius 3 is 2.50 bits per heavy atom. The minimum Gasteiger partial charge on any atom is -0.336 e. The van der Waals surface area contributed by atoms with E-state index in [0.29, 0.717) is 18.8 Å². The van der Waals surface area contributed by atoms with Crippen LogP contribution in [0.5, 0.6) is 0 Å². The van der Waals surface area contributed by atoms with Crippen molar-refractivity contribution >= 4 is 23.3 Å². The summed E-state index contributed by atoms with van der Waals surface area (Å²) in [4.78, 5) is 27.1. The number of nitrogens with zero attached hydrogens (tertiary/aromatic N) is 4. The lowest BCUT2D eigenvalue weighted by molar-refractivity contribution is 0.102. The number of anilines is 2. The second kappa shape index (κ2) is 6.67. The van der Waals surface area contributed by atoms with Crippen LogP contribution in [0.4, 0.5) is 16.2 Å². The molecule has 0 bridgehead atoms. The van der Waals surface area contributed by atoms with Gasteiger partial charge in [-0.15, -0.1) is 5.10 Å². The third-order valence-electron chi connectivity index (χ3n) is 4.01. The van der Waals surface area contributed by atoms with Gasteiger partial charge in [0.05, 0.1) is 11.9 Å². The van der Waals surface area contributed by atoms with Gasteiger partial charge in [0.1, 0.15) is 0 Å². The van der Waals surface area contributed by atoms with Crippen molar-refractivity contribution in [2.45, 2.75) is 0 Å². The van der Waals surface area contributed by atoms with Crippen LogP contribution in [-0.2, 0) is 0 Å². The molecule has 2 N–H and O–H groups in total. The average molecular weight is 348 g/mol. The van der Waals surface area contributed by atoms with Gasteiger partial charge < -0.3 is 10.6 Å². The predicted molar refractivity (Wildman–Crippen MR) is 96.5 cm³/mol. The number of hydrogen-bond acceptors (Lipinski definition) is 4. The van der Waals surface area contributed by atoms with Crippen LogP contribution in [0, 0.1) is 0 Å². The molecule has 4 rings (SSSR count). The van der Waals surface area contributed by atoms with Crippen molar-refractivity contribution in [3.8, 4) is 5.69 Å². The van der Waals surface area contributed by atoms with E-state index in [9.17, 15) is 9.59 Å². The Hall–Kier alpha value is -3.68. The van der Waals surface area contributed by atoms with Crippen LogP contribution >= 0.6 is 0 Å². The van der Waals surface area contributed by atoms with E-state index in [-0.39, 0.29) is 17.6 Å². The second-order valence-corrected chi connectivity index (χ2v) is 5.74. The van der Waals surface area contributed by atoms with E-state index < -0.39 is 0 Å². The van der Waals surface area contributed by atoms with Gasteiger partial charge in [-0.25, -0.2) is 4.79 Å². The lowest BCUT2D eigenvalue weighted by atomic mass is 10.2. The minimum atomic E-state index is -0.348. The van der Waals surface area contributed by atoms with Gasteiger partial charge >= 0.3 is 6.03 Å². The number of rotatable bonds is 4. The molecule has 0 unspecified atom stereocenters. The fourth-order valence-corrected chi connectivity index (χ4v) is 2.69. The number of amides is 3. The highest BCUT2D eigenvalue weighted by molar-refractivity contribution is 6.03. The molecule has 1 saturated heterocycles. The molecule has 26 heavy (non-hydrogen) atoms. The zero-order chi connectivity index (χ0) is 17.9. The summed E-state index contributed by atoms with van der Waals surface area (Å²) in [7, 11) is 0. The Bertz CT molecular complexity index is 936. The summed E-state index contributed by atoms with van der Waals surface area (Å²) < 4.78 is 0. The van der Waals surface area contributed by atoms with Gasteiger partial charge in [-0.3, -0.25) is 9.69 Å². The van der Waals surface area contributed by atoms with Crippen LogP contribution in [0.15, 0.2) is 60.8 Å².